The molecule has 1 aromatic heterocycles. The van der Waals surface area contributed by atoms with Crippen LogP contribution in [-0.4, -0.2) is 24.2 Å². The summed E-state index contributed by atoms with van der Waals surface area (Å²) in [7, 11) is 1.61. The molecule has 0 saturated carbocycles. The SMILES string of the molecule is COc1ccc(C(C)C(=O)NC(C)CC(O)c2ccco2)cc1. The Labute approximate surface area is 136 Å². The second-order valence-corrected chi connectivity index (χ2v) is 5.67. The van der Waals surface area contributed by atoms with Gasteiger partial charge < -0.3 is 19.6 Å². The van der Waals surface area contributed by atoms with Crippen LogP contribution in [-0.2, 0) is 4.79 Å². The molecule has 5 heteroatoms. The zero-order chi connectivity index (χ0) is 16.8. The van der Waals surface area contributed by atoms with E-state index in [2.05, 4.69) is 5.32 Å². The van der Waals surface area contributed by atoms with Gasteiger partial charge in [-0.05, 0) is 43.7 Å². The van der Waals surface area contributed by atoms with Crippen molar-refractivity contribution >= 4 is 5.91 Å². The van der Waals surface area contributed by atoms with Crippen LogP contribution < -0.4 is 10.1 Å². The molecule has 3 unspecified atom stereocenters. The van der Waals surface area contributed by atoms with Crippen LogP contribution in [0.25, 0.3) is 0 Å². The normalized spacial score (nSPS) is 14.8. The third-order valence-corrected chi connectivity index (χ3v) is 3.85. The van der Waals surface area contributed by atoms with Crippen molar-refractivity contribution in [3.8, 4) is 5.75 Å². The van der Waals surface area contributed by atoms with Crippen molar-refractivity contribution in [2.45, 2.75) is 38.3 Å². The summed E-state index contributed by atoms with van der Waals surface area (Å²) in [5.41, 5.74) is 0.919. The predicted octanol–water partition coefficient (Wildman–Crippen LogP) is 3.02. The van der Waals surface area contributed by atoms with Gasteiger partial charge in [-0.15, -0.1) is 0 Å². The van der Waals surface area contributed by atoms with Crippen molar-refractivity contribution in [3.05, 3.63) is 54.0 Å². The lowest BCUT2D eigenvalue weighted by Gasteiger charge is -2.19. The molecule has 0 aliphatic heterocycles. The van der Waals surface area contributed by atoms with Gasteiger partial charge >= 0.3 is 0 Å². The van der Waals surface area contributed by atoms with Crippen LogP contribution in [0, 0.1) is 0 Å². The summed E-state index contributed by atoms with van der Waals surface area (Å²) in [5.74, 6) is 0.920. The van der Waals surface area contributed by atoms with E-state index in [1.165, 1.54) is 6.26 Å². The standard InChI is InChI=1S/C18H23NO4/c1-12(11-16(20)17-5-4-10-23-17)19-18(21)13(2)14-6-8-15(22-3)9-7-14/h4-10,12-13,16,20H,11H2,1-3H3,(H,19,21). The number of nitrogens with one attached hydrogen (secondary N) is 1. The van der Waals surface area contributed by atoms with Crippen molar-refractivity contribution in [3.63, 3.8) is 0 Å². The number of amides is 1. The lowest BCUT2D eigenvalue weighted by atomic mass is 9.99. The van der Waals surface area contributed by atoms with E-state index < -0.39 is 6.10 Å². The van der Waals surface area contributed by atoms with Gasteiger partial charge in [0.25, 0.3) is 0 Å². The highest BCUT2D eigenvalue weighted by atomic mass is 16.5. The minimum Gasteiger partial charge on any atom is -0.497 e. The Bertz CT molecular complexity index is 606. The van der Waals surface area contributed by atoms with E-state index in [0.29, 0.717) is 12.2 Å². The molecule has 0 bridgehead atoms. The molecule has 0 saturated heterocycles. The summed E-state index contributed by atoms with van der Waals surface area (Å²) >= 11 is 0. The second-order valence-electron chi connectivity index (χ2n) is 5.67. The average Bonchev–Trinajstić information content (AvgIpc) is 3.08. The first-order valence-corrected chi connectivity index (χ1v) is 7.67. The fourth-order valence-electron chi connectivity index (χ4n) is 2.40. The Hall–Kier alpha value is -2.27. The number of methoxy groups -OCH3 is 1. The molecule has 1 heterocycles. The fourth-order valence-corrected chi connectivity index (χ4v) is 2.40. The van der Waals surface area contributed by atoms with Crippen molar-refractivity contribution in [2.75, 3.05) is 7.11 Å². The molecule has 23 heavy (non-hydrogen) atoms. The number of benzene rings is 1. The summed E-state index contributed by atoms with van der Waals surface area (Å²) in [5, 5.41) is 13.0. The fraction of sp³-hybridized carbons (Fsp3) is 0.389. The minimum absolute atomic E-state index is 0.0747. The molecular formula is C18H23NO4. The number of aliphatic hydroxyl groups excluding tert-OH is 1. The van der Waals surface area contributed by atoms with Gasteiger partial charge in [0.15, 0.2) is 0 Å². The van der Waals surface area contributed by atoms with Gasteiger partial charge in [-0.3, -0.25) is 4.79 Å². The summed E-state index contributed by atoms with van der Waals surface area (Å²) in [6.45, 7) is 3.72. The van der Waals surface area contributed by atoms with E-state index >= 15 is 0 Å². The van der Waals surface area contributed by atoms with Crippen LogP contribution in [0.2, 0.25) is 0 Å². The lowest BCUT2D eigenvalue weighted by molar-refractivity contribution is -0.123. The quantitative estimate of drug-likeness (QED) is 0.823. The maximum absolute atomic E-state index is 12.3. The maximum Gasteiger partial charge on any atom is 0.227 e. The van der Waals surface area contributed by atoms with Gasteiger partial charge in [0.05, 0.1) is 19.3 Å². The number of ether oxygens (including phenoxy) is 1. The molecule has 0 spiro atoms. The molecule has 3 atom stereocenters. The first-order valence-electron chi connectivity index (χ1n) is 7.67. The topological polar surface area (TPSA) is 71.7 Å². The maximum atomic E-state index is 12.3. The summed E-state index contributed by atoms with van der Waals surface area (Å²) in [6.07, 6.45) is 1.19. The zero-order valence-electron chi connectivity index (χ0n) is 13.7. The molecular weight excluding hydrogens is 294 g/mol. The molecule has 0 radical (unpaired) electrons. The molecule has 124 valence electrons. The molecule has 2 rings (SSSR count). The number of rotatable bonds is 7. The van der Waals surface area contributed by atoms with Gasteiger partial charge in [-0.25, -0.2) is 0 Å². The number of hydrogen-bond acceptors (Lipinski definition) is 4. The summed E-state index contributed by atoms with van der Waals surface area (Å²) in [4.78, 5) is 12.3. The average molecular weight is 317 g/mol. The third-order valence-electron chi connectivity index (χ3n) is 3.85. The van der Waals surface area contributed by atoms with Crippen LogP contribution in [0.5, 0.6) is 5.75 Å². The minimum atomic E-state index is -0.725. The van der Waals surface area contributed by atoms with Gasteiger partial charge in [-0.1, -0.05) is 12.1 Å². The molecule has 5 nitrogen and oxygen atoms in total. The highest BCUT2D eigenvalue weighted by Gasteiger charge is 2.20. The van der Waals surface area contributed by atoms with Crippen LogP contribution in [0.3, 0.4) is 0 Å². The van der Waals surface area contributed by atoms with Crippen LogP contribution >= 0.6 is 0 Å². The third kappa shape index (κ3) is 4.60. The molecule has 0 aliphatic carbocycles. The van der Waals surface area contributed by atoms with Gasteiger partial charge in [0.1, 0.15) is 17.6 Å². The van der Waals surface area contributed by atoms with Crippen LogP contribution in [0.1, 0.15) is 43.6 Å². The van der Waals surface area contributed by atoms with E-state index in [9.17, 15) is 9.90 Å². The van der Waals surface area contributed by atoms with Crippen molar-refractivity contribution in [1.82, 2.24) is 5.32 Å². The Morgan fingerprint density at radius 1 is 1.26 bits per heavy atom. The molecule has 0 fully saturated rings. The van der Waals surface area contributed by atoms with Crippen molar-refractivity contribution in [1.29, 1.82) is 0 Å². The Balaban J connectivity index is 1.89. The highest BCUT2D eigenvalue weighted by Crippen LogP contribution is 2.21. The van der Waals surface area contributed by atoms with Crippen molar-refractivity contribution in [2.24, 2.45) is 0 Å². The Morgan fingerprint density at radius 2 is 1.96 bits per heavy atom. The summed E-state index contributed by atoms with van der Waals surface area (Å²) < 4.78 is 10.3. The van der Waals surface area contributed by atoms with E-state index in [-0.39, 0.29) is 17.9 Å². The lowest BCUT2D eigenvalue weighted by Crippen LogP contribution is -2.36. The smallest absolute Gasteiger partial charge is 0.227 e. The van der Waals surface area contributed by atoms with Gasteiger partial charge in [-0.2, -0.15) is 0 Å². The van der Waals surface area contributed by atoms with Crippen molar-refractivity contribution < 1.29 is 19.1 Å². The monoisotopic (exact) mass is 317 g/mol. The van der Waals surface area contributed by atoms with Crippen LogP contribution in [0.15, 0.2) is 47.1 Å². The number of aliphatic hydroxyl groups is 1. The Morgan fingerprint density at radius 3 is 2.52 bits per heavy atom. The van der Waals surface area contributed by atoms with E-state index in [1.54, 1.807) is 19.2 Å². The highest BCUT2D eigenvalue weighted by molar-refractivity contribution is 5.83. The first kappa shape index (κ1) is 17.1. The molecule has 2 aromatic rings. The number of hydrogen-bond donors (Lipinski definition) is 2. The van der Waals surface area contributed by atoms with E-state index in [0.717, 1.165) is 11.3 Å². The first-order chi connectivity index (χ1) is 11.0. The Kier molecular flexibility index (Phi) is 5.82. The van der Waals surface area contributed by atoms with E-state index in [1.807, 2.05) is 38.1 Å². The predicted molar refractivity (Wildman–Crippen MR) is 87.3 cm³/mol. The summed E-state index contributed by atoms with van der Waals surface area (Å²) in [6, 6.07) is 10.7. The number of furan rings is 1. The number of carbonyl (C=O) groups is 1. The largest absolute Gasteiger partial charge is 0.497 e. The van der Waals surface area contributed by atoms with Crippen LogP contribution in [0.4, 0.5) is 0 Å². The molecule has 1 aromatic carbocycles. The zero-order valence-corrected chi connectivity index (χ0v) is 13.7. The second kappa shape index (κ2) is 7.83. The van der Waals surface area contributed by atoms with E-state index in [4.69, 9.17) is 9.15 Å². The molecule has 0 aliphatic rings. The molecule has 2 N–H and O–H groups in total. The number of carbonyl (C=O) groups excluding carboxylic acids is 1. The van der Waals surface area contributed by atoms with Gasteiger partial charge in [0, 0.05) is 12.5 Å². The molecule has 1 amide bonds. The van der Waals surface area contributed by atoms with Gasteiger partial charge in [0.2, 0.25) is 5.91 Å².